The number of ether oxygens (including phenoxy) is 2. The van der Waals surface area contributed by atoms with Gasteiger partial charge in [-0.05, 0) is 46.5 Å². The lowest BCUT2D eigenvalue weighted by atomic mass is 10.00. The van der Waals surface area contributed by atoms with Crippen molar-refractivity contribution in [1.29, 1.82) is 0 Å². The fraction of sp³-hybridized carbons (Fsp3) is 0.647. The van der Waals surface area contributed by atoms with E-state index in [1.54, 1.807) is 14.0 Å². The Morgan fingerprint density at radius 1 is 1.25 bits per heavy atom. The number of terminal acetylenes is 1. The fourth-order valence-corrected chi connectivity index (χ4v) is 1.67. The molecule has 0 spiro atoms. The van der Waals surface area contributed by atoms with E-state index in [0.29, 0.717) is 19.8 Å². The van der Waals surface area contributed by atoms with Crippen LogP contribution in [0.15, 0.2) is 23.3 Å². The van der Waals surface area contributed by atoms with E-state index < -0.39 is 5.60 Å². The molecule has 0 radical (unpaired) electrons. The van der Waals surface area contributed by atoms with Crippen LogP contribution < -0.4 is 0 Å². The first-order chi connectivity index (χ1) is 9.41. The Hall–Kier alpha value is -1.08. The van der Waals surface area contributed by atoms with E-state index in [9.17, 15) is 5.11 Å². The topological polar surface area (TPSA) is 38.7 Å². The summed E-state index contributed by atoms with van der Waals surface area (Å²) < 4.78 is 10.1. The number of rotatable bonds is 10. The highest BCUT2D eigenvalue weighted by Gasteiger charge is 2.14. The van der Waals surface area contributed by atoms with E-state index in [-0.39, 0.29) is 0 Å². The highest BCUT2D eigenvalue weighted by Crippen LogP contribution is 2.14. The summed E-state index contributed by atoms with van der Waals surface area (Å²) in [7, 11) is 1.62. The molecule has 0 aromatic rings. The van der Waals surface area contributed by atoms with Crippen LogP contribution in [-0.4, -0.2) is 31.2 Å². The van der Waals surface area contributed by atoms with Gasteiger partial charge in [0.15, 0.2) is 0 Å². The summed E-state index contributed by atoms with van der Waals surface area (Å²) >= 11 is 0. The second-order valence-electron chi connectivity index (χ2n) is 5.35. The molecule has 1 atom stereocenters. The van der Waals surface area contributed by atoms with Crippen molar-refractivity contribution in [3.8, 4) is 12.3 Å². The van der Waals surface area contributed by atoms with E-state index in [4.69, 9.17) is 15.9 Å². The van der Waals surface area contributed by atoms with Gasteiger partial charge in [0.05, 0.1) is 6.61 Å². The van der Waals surface area contributed by atoms with Gasteiger partial charge in [-0.15, -0.1) is 6.42 Å². The molecule has 0 bridgehead atoms. The highest BCUT2D eigenvalue weighted by molar-refractivity contribution is 5.07. The van der Waals surface area contributed by atoms with E-state index in [1.165, 1.54) is 11.1 Å². The molecule has 114 valence electrons. The second kappa shape index (κ2) is 10.7. The molecule has 0 saturated carbocycles. The predicted octanol–water partition coefficient (Wildman–Crippen LogP) is 3.44. The lowest BCUT2D eigenvalue weighted by molar-refractivity contribution is -0.0211. The van der Waals surface area contributed by atoms with Crippen LogP contribution in [0.2, 0.25) is 0 Å². The zero-order valence-electron chi connectivity index (χ0n) is 13.2. The molecule has 0 aliphatic carbocycles. The summed E-state index contributed by atoms with van der Waals surface area (Å²) in [5.41, 5.74) is 1.54. The quantitative estimate of drug-likeness (QED) is 0.288. The van der Waals surface area contributed by atoms with Crippen LogP contribution in [-0.2, 0) is 9.47 Å². The molecule has 0 aromatic heterocycles. The summed E-state index contributed by atoms with van der Waals surface area (Å²) in [6, 6.07) is 0. The Balaban J connectivity index is 3.89. The van der Waals surface area contributed by atoms with Gasteiger partial charge in [0, 0.05) is 7.11 Å². The standard InChI is InChI=1S/C17H28O3/c1-6-17(4,18)12-8-11-15(2)9-7-10-16(3)13-20-14-19-5/h1,10-11,18H,7-9,12-14H2,2-5H3/b15-11+,16-10+. The van der Waals surface area contributed by atoms with Crippen LogP contribution in [0.25, 0.3) is 0 Å². The maximum Gasteiger partial charge on any atom is 0.146 e. The smallest absolute Gasteiger partial charge is 0.146 e. The molecule has 0 fully saturated rings. The van der Waals surface area contributed by atoms with Crippen molar-refractivity contribution in [2.75, 3.05) is 20.5 Å². The largest absolute Gasteiger partial charge is 0.378 e. The van der Waals surface area contributed by atoms with Crippen molar-refractivity contribution in [3.63, 3.8) is 0 Å². The van der Waals surface area contributed by atoms with E-state index in [2.05, 4.69) is 31.9 Å². The maximum atomic E-state index is 9.69. The third-order valence-electron chi connectivity index (χ3n) is 3.00. The normalized spacial score (nSPS) is 15.8. The summed E-state index contributed by atoms with van der Waals surface area (Å²) in [5, 5.41) is 9.69. The Bertz CT molecular complexity index is 359. The molecular weight excluding hydrogens is 252 g/mol. The van der Waals surface area contributed by atoms with Crippen LogP contribution in [0.4, 0.5) is 0 Å². The summed E-state index contributed by atoms with van der Waals surface area (Å²) in [4.78, 5) is 0. The van der Waals surface area contributed by atoms with Crippen LogP contribution in [0, 0.1) is 12.3 Å². The molecule has 0 aliphatic heterocycles. The maximum absolute atomic E-state index is 9.69. The molecule has 1 unspecified atom stereocenters. The summed E-state index contributed by atoms with van der Waals surface area (Å²) in [5.74, 6) is 2.39. The van der Waals surface area contributed by atoms with Crippen molar-refractivity contribution in [3.05, 3.63) is 23.3 Å². The van der Waals surface area contributed by atoms with Gasteiger partial charge in [0.2, 0.25) is 0 Å². The Morgan fingerprint density at radius 2 is 1.90 bits per heavy atom. The molecule has 20 heavy (non-hydrogen) atoms. The van der Waals surface area contributed by atoms with Crippen molar-refractivity contribution < 1.29 is 14.6 Å². The Morgan fingerprint density at radius 3 is 2.50 bits per heavy atom. The van der Waals surface area contributed by atoms with E-state index >= 15 is 0 Å². The monoisotopic (exact) mass is 280 g/mol. The van der Waals surface area contributed by atoms with Crippen molar-refractivity contribution >= 4 is 0 Å². The highest BCUT2D eigenvalue weighted by atomic mass is 16.7. The molecule has 0 aromatic carbocycles. The first kappa shape index (κ1) is 18.9. The lowest BCUT2D eigenvalue weighted by Crippen LogP contribution is -2.20. The average Bonchev–Trinajstić information content (AvgIpc) is 2.39. The number of allylic oxidation sites excluding steroid dienone is 3. The van der Waals surface area contributed by atoms with Gasteiger partial charge >= 0.3 is 0 Å². The molecule has 0 amide bonds. The van der Waals surface area contributed by atoms with Gasteiger partial charge in [-0.25, -0.2) is 0 Å². The number of aliphatic hydroxyl groups is 1. The van der Waals surface area contributed by atoms with Gasteiger partial charge in [0.1, 0.15) is 12.4 Å². The number of hydrogen-bond acceptors (Lipinski definition) is 3. The fourth-order valence-electron chi connectivity index (χ4n) is 1.67. The minimum atomic E-state index is -0.994. The number of methoxy groups -OCH3 is 1. The third kappa shape index (κ3) is 10.8. The Kier molecular flexibility index (Phi) is 10.1. The molecule has 0 aliphatic rings. The van der Waals surface area contributed by atoms with E-state index in [0.717, 1.165) is 19.3 Å². The molecule has 0 rings (SSSR count). The van der Waals surface area contributed by atoms with Gasteiger partial charge < -0.3 is 14.6 Å². The molecular formula is C17H28O3. The molecule has 0 saturated heterocycles. The first-order valence-electron chi connectivity index (χ1n) is 6.99. The first-order valence-corrected chi connectivity index (χ1v) is 6.99. The minimum absolute atomic E-state index is 0.333. The molecule has 3 heteroatoms. The van der Waals surface area contributed by atoms with Gasteiger partial charge in [-0.2, -0.15) is 0 Å². The second-order valence-corrected chi connectivity index (χ2v) is 5.35. The summed E-state index contributed by atoms with van der Waals surface area (Å²) in [6.45, 7) is 6.77. The minimum Gasteiger partial charge on any atom is -0.378 e. The average molecular weight is 280 g/mol. The van der Waals surface area contributed by atoms with Crippen LogP contribution in [0.1, 0.15) is 46.5 Å². The van der Waals surface area contributed by atoms with Gasteiger partial charge in [0.25, 0.3) is 0 Å². The van der Waals surface area contributed by atoms with Gasteiger partial charge in [-0.1, -0.05) is 29.2 Å². The van der Waals surface area contributed by atoms with Crippen molar-refractivity contribution in [2.45, 2.75) is 52.1 Å². The zero-order chi connectivity index (χ0) is 15.4. The van der Waals surface area contributed by atoms with Crippen LogP contribution in [0.3, 0.4) is 0 Å². The van der Waals surface area contributed by atoms with Crippen molar-refractivity contribution in [2.24, 2.45) is 0 Å². The van der Waals surface area contributed by atoms with Gasteiger partial charge in [-0.3, -0.25) is 0 Å². The SMILES string of the molecule is C#CC(C)(O)CC/C=C(\C)CC/C=C(\C)COCOC. The number of hydrogen-bond donors (Lipinski definition) is 1. The van der Waals surface area contributed by atoms with Crippen LogP contribution in [0.5, 0.6) is 0 Å². The third-order valence-corrected chi connectivity index (χ3v) is 3.00. The lowest BCUT2D eigenvalue weighted by Gasteiger charge is -2.14. The summed E-state index contributed by atoms with van der Waals surface area (Å²) in [6.07, 6.45) is 13.0. The predicted molar refractivity (Wildman–Crippen MR) is 83.3 cm³/mol. The van der Waals surface area contributed by atoms with Crippen LogP contribution >= 0.6 is 0 Å². The molecule has 1 N–H and O–H groups in total. The molecule has 0 heterocycles. The molecule has 3 nitrogen and oxygen atoms in total. The Labute approximate surface area is 123 Å². The zero-order valence-corrected chi connectivity index (χ0v) is 13.2. The van der Waals surface area contributed by atoms with E-state index in [1.807, 2.05) is 0 Å². The van der Waals surface area contributed by atoms with Crippen molar-refractivity contribution in [1.82, 2.24) is 0 Å².